The summed E-state index contributed by atoms with van der Waals surface area (Å²) >= 11 is 1.52. The maximum absolute atomic E-state index is 12.8. The van der Waals surface area contributed by atoms with Crippen LogP contribution in [0.3, 0.4) is 0 Å². The van der Waals surface area contributed by atoms with Crippen LogP contribution in [0.4, 0.5) is 0 Å². The molecule has 5 nitrogen and oxygen atoms in total. The SMILES string of the molecule is CC1C(=O)NC(C2CCCCC2)C(=O)N1Cc1cncs1. The van der Waals surface area contributed by atoms with E-state index in [1.807, 2.05) is 0 Å². The molecule has 114 valence electrons. The minimum atomic E-state index is -0.403. The second-order valence-corrected chi connectivity index (χ2v) is 6.97. The number of carbonyl (C=O) groups excluding carboxylic acids is 2. The molecule has 2 atom stereocenters. The Morgan fingerprint density at radius 1 is 1.33 bits per heavy atom. The normalized spacial score (nSPS) is 27.8. The molecule has 0 spiro atoms. The number of thiazole rings is 1. The van der Waals surface area contributed by atoms with E-state index in [9.17, 15) is 9.59 Å². The van der Waals surface area contributed by atoms with Crippen molar-refractivity contribution in [1.29, 1.82) is 0 Å². The fourth-order valence-electron chi connectivity index (χ4n) is 3.34. The third kappa shape index (κ3) is 2.95. The van der Waals surface area contributed by atoms with Crippen molar-refractivity contribution in [1.82, 2.24) is 15.2 Å². The van der Waals surface area contributed by atoms with Gasteiger partial charge in [-0.1, -0.05) is 19.3 Å². The third-order valence-corrected chi connectivity index (χ3v) is 5.39. The van der Waals surface area contributed by atoms with E-state index in [4.69, 9.17) is 0 Å². The maximum Gasteiger partial charge on any atom is 0.246 e. The fourth-order valence-corrected chi connectivity index (χ4v) is 3.93. The average molecular weight is 307 g/mol. The van der Waals surface area contributed by atoms with Gasteiger partial charge in [-0.05, 0) is 25.7 Å². The Morgan fingerprint density at radius 2 is 2.10 bits per heavy atom. The van der Waals surface area contributed by atoms with Crippen LogP contribution in [-0.4, -0.2) is 33.8 Å². The Kier molecular flexibility index (Phi) is 4.24. The lowest BCUT2D eigenvalue weighted by molar-refractivity contribution is -0.151. The van der Waals surface area contributed by atoms with Gasteiger partial charge < -0.3 is 10.2 Å². The van der Waals surface area contributed by atoms with E-state index in [1.54, 1.807) is 23.5 Å². The maximum atomic E-state index is 12.8. The summed E-state index contributed by atoms with van der Waals surface area (Å²) < 4.78 is 0. The first-order valence-corrected chi connectivity index (χ1v) is 8.53. The monoisotopic (exact) mass is 307 g/mol. The first kappa shape index (κ1) is 14.5. The molecule has 1 aliphatic carbocycles. The summed E-state index contributed by atoms with van der Waals surface area (Å²) in [7, 11) is 0. The van der Waals surface area contributed by atoms with E-state index >= 15 is 0 Å². The highest BCUT2D eigenvalue weighted by Crippen LogP contribution is 2.29. The molecule has 2 amide bonds. The Bertz CT molecular complexity index is 511. The molecule has 0 radical (unpaired) electrons. The van der Waals surface area contributed by atoms with Crippen LogP contribution in [0.15, 0.2) is 11.7 Å². The highest BCUT2D eigenvalue weighted by Gasteiger charge is 2.41. The van der Waals surface area contributed by atoms with Gasteiger partial charge in [0.2, 0.25) is 11.8 Å². The zero-order valence-corrected chi connectivity index (χ0v) is 13.1. The van der Waals surface area contributed by atoms with Crippen LogP contribution in [0.1, 0.15) is 43.9 Å². The molecule has 0 aromatic carbocycles. The van der Waals surface area contributed by atoms with Crippen molar-refractivity contribution >= 4 is 23.2 Å². The molecule has 1 aromatic rings. The summed E-state index contributed by atoms with van der Waals surface area (Å²) in [5, 5.41) is 2.95. The van der Waals surface area contributed by atoms with Crippen LogP contribution in [0, 0.1) is 5.92 Å². The first-order chi connectivity index (χ1) is 10.2. The molecule has 1 saturated carbocycles. The van der Waals surface area contributed by atoms with Gasteiger partial charge in [0, 0.05) is 11.1 Å². The minimum Gasteiger partial charge on any atom is -0.342 e. The zero-order chi connectivity index (χ0) is 14.8. The molecule has 0 bridgehead atoms. The lowest BCUT2D eigenvalue weighted by atomic mass is 9.82. The van der Waals surface area contributed by atoms with Crippen LogP contribution in [0.5, 0.6) is 0 Å². The van der Waals surface area contributed by atoms with Crippen molar-refractivity contribution in [2.24, 2.45) is 5.92 Å². The van der Waals surface area contributed by atoms with Gasteiger partial charge in [0.25, 0.3) is 0 Å². The molecule has 2 aliphatic rings. The molecule has 3 rings (SSSR count). The summed E-state index contributed by atoms with van der Waals surface area (Å²) in [6.07, 6.45) is 7.42. The number of hydrogen-bond donors (Lipinski definition) is 1. The number of hydrogen-bond acceptors (Lipinski definition) is 4. The van der Waals surface area contributed by atoms with Gasteiger partial charge in [-0.3, -0.25) is 14.6 Å². The summed E-state index contributed by atoms with van der Waals surface area (Å²) in [5.41, 5.74) is 1.76. The van der Waals surface area contributed by atoms with Crippen molar-refractivity contribution in [2.75, 3.05) is 0 Å². The van der Waals surface area contributed by atoms with Gasteiger partial charge in [0.15, 0.2) is 0 Å². The second-order valence-electron chi connectivity index (χ2n) is 5.99. The van der Waals surface area contributed by atoms with E-state index in [1.165, 1.54) is 17.8 Å². The van der Waals surface area contributed by atoms with Gasteiger partial charge in [-0.25, -0.2) is 0 Å². The molecule has 2 unspecified atom stereocenters. The number of nitrogens with one attached hydrogen (secondary N) is 1. The van der Waals surface area contributed by atoms with E-state index in [2.05, 4.69) is 10.3 Å². The standard InChI is InChI=1S/C15H21N3O2S/c1-10-14(19)17-13(11-5-3-2-4-6-11)15(20)18(10)8-12-7-16-9-21-12/h7,9-11,13H,2-6,8H2,1H3,(H,17,19). The Balaban J connectivity index is 1.77. The molecular formula is C15H21N3O2S. The largest absolute Gasteiger partial charge is 0.342 e. The summed E-state index contributed by atoms with van der Waals surface area (Å²) in [5.74, 6) is 0.337. The number of rotatable bonds is 3. The van der Waals surface area contributed by atoms with Crippen LogP contribution in [0.2, 0.25) is 0 Å². The van der Waals surface area contributed by atoms with Gasteiger partial charge in [0.1, 0.15) is 12.1 Å². The summed E-state index contributed by atoms with van der Waals surface area (Å²) in [6.45, 7) is 2.28. The van der Waals surface area contributed by atoms with Crippen LogP contribution in [-0.2, 0) is 16.1 Å². The summed E-state index contributed by atoms with van der Waals surface area (Å²) in [6, 6.07) is -0.735. The van der Waals surface area contributed by atoms with Crippen molar-refractivity contribution in [3.63, 3.8) is 0 Å². The molecule has 1 N–H and O–H groups in total. The third-order valence-electron chi connectivity index (χ3n) is 4.62. The number of piperazine rings is 1. The lowest BCUT2D eigenvalue weighted by Gasteiger charge is -2.41. The highest BCUT2D eigenvalue weighted by atomic mass is 32.1. The average Bonchev–Trinajstić information content (AvgIpc) is 3.01. The molecule has 1 aromatic heterocycles. The summed E-state index contributed by atoms with van der Waals surface area (Å²) in [4.78, 5) is 31.8. The van der Waals surface area contributed by atoms with Crippen molar-refractivity contribution in [3.05, 3.63) is 16.6 Å². The Morgan fingerprint density at radius 3 is 2.76 bits per heavy atom. The van der Waals surface area contributed by atoms with Gasteiger partial charge >= 0.3 is 0 Å². The molecule has 2 heterocycles. The molecule has 21 heavy (non-hydrogen) atoms. The zero-order valence-electron chi connectivity index (χ0n) is 12.2. The van der Waals surface area contributed by atoms with E-state index < -0.39 is 6.04 Å². The van der Waals surface area contributed by atoms with E-state index in [-0.39, 0.29) is 17.9 Å². The number of carbonyl (C=O) groups is 2. The predicted molar refractivity (Wildman–Crippen MR) is 80.6 cm³/mol. The van der Waals surface area contributed by atoms with Crippen molar-refractivity contribution < 1.29 is 9.59 Å². The second kappa shape index (κ2) is 6.13. The molecule has 6 heteroatoms. The van der Waals surface area contributed by atoms with Crippen LogP contribution in [0.25, 0.3) is 0 Å². The highest BCUT2D eigenvalue weighted by molar-refractivity contribution is 7.09. The number of nitrogens with zero attached hydrogens (tertiary/aromatic N) is 2. The molecule has 1 saturated heterocycles. The van der Waals surface area contributed by atoms with Gasteiger partial charge in [-0.2, -0.15) is 0 Å². The lowest BCUT2D eigenvalue weighted by Crippen LogP contribution is -2.64. The number of amides is 2. The van der Waals surface area contributed by atoms with E-state index in [0.717, 1.165) is 30.6 Å². The quantitative estimate of drug-likeness (QED) is 0.928. The van der Waals surface area contributed by atoms with Gasteiger partial charge in [-0.15, -0.1) is 11.3 Å². The Hall–Kier alpha value is -1.43. The Labute approximate surface area is 128 Å². The first-order valence-electron chi connectivity index (χ1n) is 7.65. The van der Waals surface area contributed by atoms with Crippen molar-refractivity contribution in [3.8, 4) is 0 Å². The van der Waals surface area contributed by atoms with Crippen LogP contribution < -0.4 is 5.32 Å². The topological polar surface area (TPSA) is 62.3 Å². The van der Waals surface area contributed by atoms with Gasteiger partial charge in [0.05, 0.1) is 12.1 Å². The minimum absolute atomic E-state index is 0.0327. The molecular weight excluding hydrogens is 286 g/mol. The fraction of sp³-hybridized carbons (Fsp3) is 0.667. The van der Waals surface area contributed by atoms with E-state index in [0.29, 0.717) is 12.5 Å². The number of aromatic nitrogens is 1. The molecule has 2 fully saturated rings. The van der Waals surface area contributed by atoms with Crippen LogP contribution >= 0.6 is 11.3 Å². The van der Waals surface area contributed by atoms with Crippen molar-refractivity contribution in [2.45, 2.75) is 57.7 Å². The smallest absolute Gasteiger partial charge is 0.246 e. The predicted octanol–water partition coefficient (Wildman–Crippen LogP) is 1.94. The molecule has 1 aliphatic heterocycles.